The van der Waals surface area contributed by atoms with Crippen LogP contribution in [-0.4, -0.2) is 6.29 Å². The van der Waals surface area contributed by atoms with Gasteiger partial charge in [-0.15, -0.1) is 0 Å². The highest BCUT2D eigenvalue weighted by Crippen LogP contribution is 2.41. The quantitative estimate of drug-likeness (QED) is 0.446. The van der Waals surface area contributed by atoms with Crippen molar-refractivity contribution in [1.82, 2.24) is 0 Å². The number of allylic oxidation sites excluding steroid dienone is 2. The van der Waals surface area contributed by atoms with Gasteiger partial charge in [0.1, 0.15) is 6.29 Å². The van der Waals surface area contributed by atoms with Crippen molar-refractivity contribution in [2.75, 3.05) is 0 Å². The van der Waals surface area contributed by atoms with Crippen molar-refractivity contribution in [2.45, 2.75) is 32.6 Å². The maximum absolute atomic E-state index is 11.0. The Bertz CT molecular complexity index is 219. The van der Waals surface area contributed by atoms with E-state index in [2.05, 4.69) is 19.1 Å². The van der Waals surface area contributed by atoms with Crippen LogP contribution in [-0.2, 0) is 4.79 Å². The highest BCUT2D eigenvalue weighted by molar-refractivity contribution is 5.56. The highest BCUT2D eigenvalue weighted by Gasteiger charge is 2.35. The van der Waals surface area contributed by atoms with Crippen molar-refractivity contribution in [3.63, 3.8) is 0 Å². The molecule has 0 spiro atoms. The summed E-state index contributed by atoms with van der Waals surface area (Å²) in [6.45, 7) is 2.17. The molecule has 13 heavy (non-hydrogen) atoms. The summed E-state index contributed by atoms with van der Waals surface area (Å²) in [6, 6.07) is 0. The number of aldehydes is 1. The van der Waals surface area contributed by atoms with E-state index in [4.69, 9.17) is 0 Å². The van der Waals surface area contributed by atoms with Gasteiger partial charge in [-0.2, -0.15) is 0 Å². The first-order valence-corrected chi connectivity index (χ1v) is 5.46. The molecule has 1 unspecified atom stereocenters. The Kier molecular flexibility index (Phi) is 2.52. The van der Waals surface area contributed by atoms with Crippen LogP contribution in [0.4, 0.5) is 0 Å². The van der Waals surface area contributed by atoms with Crippen molar-refractivity contribution in [3.8, 4) is 0 Å². The van der Waals surface area contributed by atoms with Gasteiger partial charge >= 0.3 is 0 Å². The molecule has 0 aliphatic heterocycles. The molecule has 0 aromatic heterocycles. The maximum atomic E-state index is 11.0. The lowest BCUT2D eigenvalue weighted by atomic mass is 9.66. The monoisotopic (exact) mass is 178 g/mol. The molecule has 0 amide bonds. The minimum absolute atomic E-state index is 0.301. The molecule has 4 atom stereocenters. The molecule has 1 heteroatoms. The highest BCUT2D eigenvalue weighted by atomic mass is 16.1. The van der Waals surface area contributed by atoms with E-state index in [1.807, 2.05) is 0 Å². The zero-order valence-electron chi connectivity index (χ0n) is 8.28. The van der Waals surface area contributed by atoms with E-state index in [-0.39, 0.29) is 0 Å². The lowest BCUT2D eigenvalue weighted by Crippen LogP contribution is -2.33. The average Bonchev–Trinajstić information content (AvgIpc) is 2.18. The van der Waals surface area contributed by atoms with Crippen molar-refractivity contribution in [2.24, 2.45) is 23.7 Å². The Morgan fingerprint density at radius 3 is 2.77 bits per heavy atom. The second-order valence-electron chi connectivity index (χ2n) is 4.57. The molecular weight excluding hydrogens is 160 g/mol. The van der Waals surface area contributed by atoms with E-state index >= 15 is 0 Å². The van der Waals surface area contributed by atoms with Crippen LogP contribution in [0, 0.1) is 23.7 Å². The fraction of sp³-hybridized carbons (Fsp3) is 0.750. The summed E-state index contributed by atoms with van der Waals surface area (Å²) in [7, 11) is 0. The van der Waals surface area contributed by atoms with Gasteiger partial charge in [0.2, 0.25) is 0 Å². The Morgan fingerprint density at radius 2 is 2.00 bits per heavy atom. The lowest BCUT2D eigenvalue weighted by molar-refractivity contribution is -0.114. The summed E-state index contributed by atoms with van der Waals surface area (Å²) >= 11 is 0. The van der Waals surface area contributed by atoms with E-state index in [0.29, 0.717) is 23.7 Å². The van der Waals surface area contributed by atoms with E-state index in [1.54, 1.807) is 0 Å². The molecule has 72 valence electrons. The molecule has 1 nitrogen and oxygen atoms in total. The first kappa shape index (κ1) is 8.98. The van der Waals surface area contributed by atoms with Crippen LogP contribution in [0.1, 0.15) is 32.6 Å². The standard InChI is InChI=1S/C12H18O/c1-9-6-7-10-4-2-3-5-11(10)12(9)8-13/h6-12H,2-5H2,1H3/t9-,10+,11-,12?/m0/s1. The summed E-state index contributed by atoms with van der Waals surface area (Å²) in [5.74, 6) is 2.14. The number of hydrogen-bond acceptors (Lipinski definition) is 1. The second kappa shape index (κ2) is 3.65. The number of carbonyl (C=O) groups is 1. The van der Waals surface area contributed by atoms with Gasteiger partial charge < -0.3 is 4.79 Å². The molecule has 1 saturated carbocycles. The number of carbonyl (C=O) groups excluding carboxylic acids is 1. The Morgan fingerprint density at radius 1 is 1.23 bits per heavy atom. The van der Waals surface area contributed by atoms with Crippen molar-refractivity contribution < 1.29 is 4.79 Å². The molecular formula is C12H18O. The predicted octanol–water partition coefficient (Wildman–Crippen LogP) is 2.81. The molecule has 2 aliphatic carbocycles. The Balaban J connectivity index is 2.18. The lowest BCUT2D eigenvalue weighted by Gasteiger charge is -2.38. The fourth-order valence-electron chi connectivity index (χ4n) is 2.97. The summed E-state index contributed by atoms with van der Waals surface area (Å²) in [5, 5.41) is 0. The van der Waals surface area contributed by atoms with Crippen LogP contribution in [0.2, 0.25) is 0 Å². The van der Waals surface area contributed by atoms with E-state index < -0.39 is 0 Å². The van der Waals surface area contributed by atoms with Gasteiger partial charge in [0.25, 0.3) is 0 Å². The third-order valence-corrected chi connectivity index (χ3v) is 3.80. The first-order valence-electron chi connectivity index (χ1n) is 5.46. The molecule has 2 aliphatic rings. The number of rotatable bonds is 1. The van der Waals surface area contributed by atoms with Crippen LogP contribution < -0.4 is 0 Å². The molecule has 0 aromatic carbocycles. The van der Waals surface area contributed by atoms with Gasteiger partial charge in [-0.3, -0.25) is 0 Å². The van der Waals surface area contributed by atoms with Gasteiger partial charge in [0.15, 0.2) is 0 Å². The average molecular weight is 178 g/mol. The molecule has 1 fully saturated rings. The van der Waals surface area contributed by atoms with Crippen molar-refractivity contribution in [3.05, 3.63) is 12.2 Å². The molecule has 0 saturated heterocycles. The largest absolute Gasteiger partial charge is 0.303 e. The summed E-state index contributed by atoms with van der Waals surface area (Å²) in [6.07, 6.45) is 11.0. The van der Waals surface area contributed by atoms with Gasteiger partial charge in [0, 0.05) is 5.92 Å². The van der Waals surface area contributed by atoms with Gasteiger partial charge in [0.05, 0.1) is 0 Å². The van der Waals surface area contributed by atoms with Gasteiger partial charge in [-0.25, -0.2) is 0 Å². The second-order valence-corrected chi connectivity index (χ2v) is 4.57. The topological polar surface area (TPSA) is 17.1 Å². The minimum atomic E-state index is 0.301. The van der Waals surface area contributed by atoms with Crippen LogP contribution in [0.25, 0.3) is 0 Å². The van der Waals surface area contributed by atoms with E-state index in [0.717, 1.165) is 0 Å². The fourth-order valence-corrected chi connectivity index (χ4v) is 2.97. The molecule has 0 aromatic rings. The number of hydrogen-bond donors (Lipinski definition) is 0. The molecule has 0 N–H and O–H groups in total. The van der Waals surface area contributed by atoms with Gasteiger partial charge in [-0.05, 0) is 30.6 Å². The third kappa shape index (κ3) is 1.56. The predicted molar refractivity (Wildman–Crippen MR) is 53.3 cm³/mol. The summed E-state index contributed by atoms with van der Waals surface area (Å²) in [5.41, 5.74) is 0. The van der Waals surface area contributed by atoms with E-state index in [9.17, 15) is 4.79 Å². The van der Waals surface area contributed by atoms with Gasteiger partial charge in [-0.1, -0.05) is 31.9 Å². The Hall–Kier alpha value is -0.590. The number of fused-ring (bicyclic) bond motifs is 1. The van der Waals surface area contributed by atoms with Crippen LogP contribution in [0.5, 0.6) is 0 Å². The van der Waals surface area contributed by atoms with Crippen LogP contribution >= 0.6 is 0 Å². The van der Waals surface area contributed by atoms with Crippen molar-refractivity contribution >= 4 is 6.29 Å². The zero-order chi connectivity index (χ0) is 9.26. The van der Waals surface area contributed by atoms with Crippen LogP contribution in [0.3, 0.4) is 0 Å². The summed E-state index contributed by atoms with van der Waals surface area (Å²) in [4.78, 5) is 11.0. The summed E-state index contributed by atoms with van der Waals surface area (Å²) < 4.78 is 0. The minimum Gasteiger partial charge on any atom is -0.303 e. The molecule has 0 heterocycles. The SMILES string of the molecule is C[C@H]1C=C[C@H]2CCCC[C@@H]2C1C=O. The normalized spacial score (nSPS) is 44.1. The van der Waals surface area contributed by atoms with Crippen LogP contribution in [0.15, 0.2) is 12.2 Å². The molecule has 2 rings (SSSR count). The zero-order valence-corrected chi connectivity index (χ0v) is 8.28. The van der Waals surface area contributed by atoms with Crippen molar-refractivity contribution in [1.29, 1.82) is 0 Å². The molecule has 0 radical (unpaired) electrons. The maximum Gasteiger partial charge on any atom is 0.123 e. The third-order valence-electron chi connectivity index (χ3n) is 3.80. The Labute approximate surface area is 80.2 Å². The van der Waals surface area contributed by atoms with E-state index in [1.165, 1.54) is 32.0 Å². The first-order chi connectivity index (χ1) is 6.33. The smallest absolute Gasteiger partial charge is 0.123 e. The molecule has 0 bridgehead atoms.